The monoisotopic (exact) mass is 454 g/mol. The van der Waals surface area contributed by atoms with E-state index in [4.69, 9.17) is 26.4 Å². The minimum atomic E-state index is -4.49. The fraction of sp³-hybridized carbons (Fsp3) is 0.409. The number of hydrogen-bond acceptors (Lipinski definition) is 4. The summed E-state index contributed by atoms with van der Waals surface area (Å²) in [5.74, 6) is 1.28. The number of nitrogens with zero attached hydrogens (tertiary/aromatic N) is 1. The third-order valence-corrected chi connectivity index (χ3v) is 5.42. The van der Waals surface area contributed by atoms with E-state index in [0.717, 1.165) is 24.5 Å². The maximum atomic E-state index is 13.4. The first-order valence-electron chi connectivity index (χ1n) is 9.86. The van der Waals surface area contributed by atoms with E-state index in [9.17, 15) is 13.2 Å². The number of halogens is 3. The van der Waals surface area contributed by atoms with Gasteiger partial charge in [-0.25, -0.2) is 0 Å². The Kier molecular flexibility index (Phi) is 7.61. The third kappa shape index (κ3) is 6.01. The molecule has 31 heavy (non-hydrogen) atoms. The molecule has 0 amide bonds. The molecule has 0 aromatic heterocycles. The molecule has 1 aliphatic rings. The molecule has 2 aromatic carbocycles. The predicted octanol–water partition coefficient (Wildman–Crippen LogP) is 5.10. The average molecular weight is 455 g/mol. The summed E-state index contributed by atoms with van der Waals surface area (Å²) in [6, 6.07) is 10.7. The molecule has 9 heteroatoms. The van der Waals surface area contributed by atoms with E-state index in [1.165, 1.54) is 18.2 Å². The lowest BCUT2D eigenvalue weighted by atomic mass is 10.1. The van der Waals surface area contributed by atoms with Gasteiger partial charge < -0.3 is 24.4 Å². The smallest absolute Gasteiger partial charge is 0.418 e. The Morgan fingerprint density at radius 1 is 1.19 bits per heavy atom. The van der Waals surface area contributed by atoms with Gasteiger partial charge in [0.05, 0.1) is 31.6 Å². The number of methoxy groups -OCH3 is 2. The molecule has 2 aromatic rings. The van der Waals surface area contributed by atoms with Gasteiger partial charge in [-0.3, -0.25) is 0 Å². The van der Waals surface area contributed by atoms with Gasteiger partial charge in [0.1, 0.15) is 11.5 Å². The molecule has 1 fully saturated rings. The normalized spacial score (nSPS) is 16.1. The van der Waals surface area contributed by atoms with E-state index in [1.807, 2.05) is 6.07 Å². The van der Waals surface area contributed by atoms with E-state index < -0.39 is 11.7 Å². The van der Waals surface area contributed by atoms with Crippen LogP contribution >= 0.6 is 12.2 Å². The van der Waals surface area contributed by atoms with E-state index in [2.05, 4.69) is 5.32 Å². The molecular weight excluding hydrogens is 429 g/mol. The molecular formula is C22H25F3N2O3S. The summed E-state index contributed by atoms with van der Waals surface area (Å²) in [6.45, 7) is 1.43. The van der Waals surface area contributed by atoms with Crippen molar-refractivity contribution in [3.8, 4) is 11.5 Å². The van der Waals surface area contributed by atoms with Crippen molar-refractivity contribution in [1.82, 2.24) is 4.90 Å². The Morgan fingerprint density at radius 3 is 2.61 bits per heavy atom. The zero-order valence-corrected chi connectivity index (χ0v) is 18.2. The van der Waals surface area contributed by atoms with Crippen molar-refractivity contribution in [2.24, 2.45) is 0 Å². The zero-order valence-electron chi connectivity index (χ0n) is 17.4. The molecule has 0 bridgehead atoms. The second kappa shape index (κ2) is 10.2. The van der Waals surface area contributed by atoms with Crippen LogP contribution in [0.25, 0.3) is 0 Å². The van der Waals surface area contributed by atoms with Gasteiger partial charge in [-0.2, -0.15) is 13.2 Å². The van der Waals surface area contributed by atoms with Crippen LogP contribution < -0.4 is 14.8 Å². The van der Waals surface area contributed by atoms with Crippen LogP contribution in [-0.2, 0) is 17.5 Å². The lowest BCUT2D eigenvalue weighted by Gasteiger charge is -2.29. The van der Waals surface area contributed by atoms with Crippen LogP contribution in [0.4, 0.5) is 18.9 Å². The van der Waals surface area contributed by atoms with Crippen molar-refractivity contribution in [3.05, 3.63) is 53.6 Å². The molecule has 0 unspecified atom stereocenters. The number of thiocarbonyl (C=S) groups is 1. The first-order chi connectivity index (χ1) is 14.8. The second-order valence-corrected chi connectivity index (χ2v) is 7.55. The Balaban J connectivity index is 1.87. The highest BCUT2D eigenvalue weighted by Gasteiger charge is 2.33. The summed E-state index contributed by atoms with van der Waals surface area (Å²) in [6.07, 6.45) is -2.73. The Labute approximate surface area is 185 Å². The molecule has 3 rings (SSSR count). The van der Waals surface area contributed by atoms with Gasteiger partial charge in [-0.1, -0.05) is 12.1 Å². The van der Waals surface area contributed by atoms with Gasteiger partial charge in [0.2, 0.25) is 0 Å². The van der Waals surface area contributed by atoms with Gasteiger partial charge in [-0.15, -0.1) is 0 Å². The second-order valence-electron chi connectivity index (χ2n) is 7.17. The topological polar surface area (TPSA) is 43.0 Å². The molecule has 1 saturated heterocycles. The first-order valence-corrected chi connectivity index (χ1v) is 10.3. The highest BCUT2D eigenvalue weighted by Crippen LogP contribution is 2.35. The molecule has 168 valence electrons. The lowest BCUT2D eigenvalue weighted by molar-refractivity contribution is -0.136. The largest absolute Gasteiger partial charge is 0.497 e. The minimum Gasteiger partial charge on any atom is -0.497 e. The molecule has 1 atom stereocenters. The van der Waals surface area contributed by atoms with Crippen molar-refractivity contribution in [2.45, 2.75) is 31.7 Å². The van der Waals surface area contributed by atoms with Crippen LogP contribution in [0.1, 0.15) is 24.0 Å². The maximum Gasteiger partial charge on any atom is 0.418 e. The number of hydrogen-bond donors (Lipinski definition) is 1. The highest BCUT2D eigenvalue weighted by molar-refractivity contribution is 7.80. The van der Waals surface area contributed by atoms with Crippen LogP contribution in [0, 0.1) is 0 Å². The number of para-hydroxylation sites is 1. The SMILES string of the molecule is COc1ccc(OC)c(CN(C[C@H]2CCCO2)C(=S)Nc2ccccc2C(F)(F)F)c1. The van der Waals surface area contributed by atoms with Crippen molar-refractivity contribution in [2.75, 3.05) is 32.7 Å². The molecule has 1 aliphatic heterocycles. The maximum absolute atomic E-state index is 13.4. The van der Waals surface area contributed by atoms with Gasteiger partial charge in [0, 0.05) is 25.3 Å². The van der Waals surface area contributed by atoms with E-state index in [0.29, 0.717) is 31.2 Å². The van der Waals surface area contributed by atoms with Crippen molar-refractivity contribution in [1.29, 1.82) is 0 Å². The summed E-state index contributed by atoms with van der Waals surface area (Å²) >= 11 is 5.53. The molecule has 5 nitrogen and oxygen atoms in total. The van der Waals surface area contributed by atoms with Crippen LogP contribution in [-0.4, -0.2) is 43.5 Å². The van der Waals surface area contributed by atoms with Crippen LogP contribution in [0.3, 0.4) is 0 Å². The molecule has 0 spiro atoms. The number of anilines is 1. The molecule has 1 N–H and O–H groups in total. The summed E-state index contributed by atoms with van der Waals surface area (Å²) in [5.41, 5.74) is -0.0589. The van der Waals surface area contributed by atoms with Crippen molar-refractivity contribution < 1.29 is 27.4 Å². The Bertz CT molecular complexity index is 902. The van der Waals surface area contributed by atoms with Gasteiger partial charge >= 0.3 is 6.18 Å². The average Bonchev–Trinajstić information content (AvgIpc) is 3.26. The van der Waals surface area contributed by atoms with Crippen LogP contribution in [0.15, 0.2) is 42.5 Å². The summed E-state index contributed by atoms with van der Waals surface area (Å²) < 4.78 is 56.7. The summed E-state index contributed by atoms with van der Waals surface area (Å²) in [7, 11) is 3.13. The zero-order chi connectivity index (χ0) is 22.4. The van der Waals surface area contributed by atoms with Crippen molar-refractivity contribution in [3.63, 3.8) is 0 Å². The van der Waals surface area contributed by atoms with Crippen molar-refractivity contribution >= 4 is 23.0 Å². The summed E-state index contributed by atoms with van der Waals surface area (Å²) in [4.78, 5) is 1.80. The number of ether oxygens (including phenoxy) is 3. The third-order valence-electron chi connectivity index (χ3n) is 5.06. The highest BCUT2D eigenvalue weighted by atomic mass is 32.1. The van der Waals surface area contributed by atoms with Gasteiger partial charge in [0.25, 0.3) is 0 Å². The van der Waals surface area contributed by atoms with Crippen LogP contribution in [0.2, 0.25) is 0 Å². The quantitative estimate of drug-likeness (QED) is 0.587. The number of nitrogens with one attached hydrogen (secondary N) is 1. The fourth-order valence-electron chi connectivity index (χ4n) is 3.50. The lowest BCUT2D eigenvalue weighted by Crippen LogP contribution is -2.39. The molecule has 1 heterocycles. The Hall–Kier alpha value is -2.52. The first kappa shape index (κ1) is 23.1. The molecule has 0 radical (unpaired) electrons. The van der Waals surface area contributed by atoms with E-state index >= 15 is 0 Å². The summed E-state index contributed by atoms with van der Waals surface area (Å²) in [5, 5.41) is 2.97. The molecule has 0 saturated carbocycles. The minimum absolute atomic E-state index is 0.0470. The van der Waals surface area contributed by atoms with Gasteiger partial charge in [0.15, 0.2) is 5.11 Å². The number of rotatable bonds is 7. The van der Waals surface area contributed by atoms with E-state index in [-0.39, 0.29) is 16.9 Å². The number of alkyl halides is 3. The van der Waals surface area contributed by atoms with E-state index in [1.54, 1.807) is 31.3 Å². The predicted molar refractivity (Wildman–Crippen MR) is 117 cm³/mol. The van der Waals surface area contributed by atoms with Gasteiger partial charge in [-0.05, 0) is 55.4 Å². The van der Waals surface area contributed by atoms with Crippen LogP contribution in [0.5, 0.6) is 11.5 Å². The Morgan fingerprint density at radius 2 is 1.97 bits per heavy atom. The standard InChI is InChI=1S/C22H25F3N2O3S/c1-28-16-9-10-20(29-2)15(12-16)13-27(14-17-6-5-11-30-17)21(31)26-19-8-4-3-7-18(19)22(23,24)25/h3-4,7-10,12,17H,5-6,11,13-14H2,1-2H3,(H,26,31)/t17-/m1/s1. The number of benzene rings is 2. The fourth-order valence-corrected chi connectivity index (χ4v) is 3.75. The molecule has 0 aliphatic carbocycles.